The van der Waals surface area contributed by atoms with Crippen molar-refractivity contribution in [3.63, 3.8) is 0 Å². The SMILES string of the molecule is Cc1nc(N(C)c2ccc3c(c2)CCCO3)ccc1N. The second-order valence-electron chi connectivity index (χ2n) is 5.15. The van der Waals surface area contributed by atoms with Gasteiger partial charge in [-0.1, -0.05) is 0 Å². The zero-order valence-electron chi connectivity index (χ0n) is 11.9. The second-order valence-corrected chi connectivity index (χ2v) is 5.15. The molecule has 2 aromatic rings. The molecule has 0 atom stereocenters. The third kappa shape index (κ3) is 2.29. The first-order valence-electron chi connectivity index (χ1n) is 6.88. The second kappa shape index (κ2) is 5.04. The lowest BCUT2D eigenvalue weighted by molar-refractivity contribution is 0.288. The summed E-state index contributed by atoms with van der Waals surface area (Å²) >= 11 is 0. The minimum Gasteiger partial charge on any atom is -0.493 e. The Hall–Kier alpha value is -2.23. The van der Waals surface area contributed by atoms with Gasteiger partial charge in [-0.05, 0) is 55.7 Å². The van der Waals surface area contributed by atoms with Gasteiger partial charge in [-0.15, -0.1) is 0 Å². The van der Waals surface area contributed by atoms with E-state index in [1.807, 2.05) is 32.2 Å². The van der Waals surface area contributed by atoms with Gasteiger partial charge in [0, 0.05) is 12.7 Å². The van der Waals surface area contributed by atoms with E-state index < -0.39 is 0 Å². The number of pyridine rings is 1. The molecule has 0 saturated heterocycles. The summed E-state index contributed by atoms with van der Waals surface area (Å²) in [7, 11) is 2.02. The highest BCUT2D eigenvalue weighted by atomic mass is 16.5. The van der Waals surface area contributed by atoms with Gasteiger partial charge in [0.15, 0.2) is 0 Å². The van der Waals surface area contributed by atoms with E-state index in [2.05, 4.69) is 22.0 Å². The molecule has 0 bridgehead atoms. The summed E-state index contributed by atoms with van der Waals surface area (Å²) in [5, 5.41) is 0. The summed E-state index contributed by atoms with van der Waals surface area (Å²) < 4.78 is 5.65. The van der Waals surface area contributed by atoms with E-state index in [1.54, 1.807) is 0 Å². The Kier molecular flexibility index (Phi) is 3.22. The molecule has 2 heterocycles. The third-order valence-electron chi connectivity index (χ3n) is 3.74. The van der Waals surface area contributed by atoms with Crippen LogP contribution < -0.4 is 15.4 Å². The molecule has 0 unspecified atom stereocenters. The Morgan fingerprint density at radius 1 is 1.25 bits per heavy atom. The predicted molar refractivity (Wildman–Crippen MR) is 81.7 cm³/mol. The number of nitrogen functional groups attached to an aromatic ring is 1. The quantitative estimate of drug-likeness (QED) is 0.910. The molecule has 0 fully saturated rings. The Morgan fingerprint density at radius 2 is 2.10 bits per heavy atom. The Balaban J connectivity index is 1.93. The van der Waals surface area contributed by atoms with Gasteiger partial charge in [0.25, 0.3) is 0 Å². The van der Waals surface area contributed by atoms with Crippen molar-refractivity contribution in [1.82, 2.24) is 4.98 Å². The highest BCUT2D eigenvalue weighted by Crippen LogP contribution is 2.31. The van der Waals surface area contributed by atoms with Crippen LogP contribution in [-0.4, -0.2) is 18.6 Å². The van der Waals surface area contributed by atoms with Crippen LogP contribution in [0.5, 0.6) is 5.75 Å². The lowest BCUT2D eigenvalue weighted by Gasteiger charge is -2.23. The molecule has 4 heteroatoms. The average Bonchev–Trinajstić information content (AvgIpc) is 2.49. The maximum atomic E-state index is 5.82. The molecular formula is C16H19N3O. The van der Waals surface area contributed by atoms with Crippen molar-refractivity contribution in [1.29, 1.82) is 0 Å². The van der Waals surface area contributed by atoms with Crippen molar-refractivity contribution in [3.05, 3.63) is 41.6 Å². The largest absolute Gasteiger partial charge is 0.493 e. The van der Waals surface area contributed by atoms with Crippen molar-refractivity contribution in [2.45, 2.75) is 19.8 Å². The van der Waals surface area contributed by atoms with Gasteiger partial charge < -0.3 is 15.4 Å². The van der Waals surface area contributed by atoms with Crippen molar-refractivity contribution >= 4 is 17.2 Å². The van der Waals surface area contributed by atoms with Gasteiger partial charge in [-0.25, -0.2) is 4.98 Å². The first kappa shape index (κ1) is 12.8. The van der Waals surface area contributed by atoms with Gasteiger partial charge in [-0.3, -0.25) is 0 Å². The Bertz CT molecular complexity index is 640. The van der Waals surface area contributed by atoms with Crippen LogP contribution in [0.3, 0.4) is 0 Å². The van der Waals surface area contributed by atoms with E-state index in [4.69, 9.17) is 10.5 Å². The Labute approximate surface area is 119 Å². The van der Waals surface area contributed by atoms with Crippen LogP contribution in [0.1, 0.15) is 17.7 Å². The monoisotopic (exact) mass is 269 g/mol. The average molecular weight is 269 g/mol. The summed E-state index contributed by atoms with van der Waals surface area (Å²) in [6.45, 7) is 2.74. The predicted octanol–water partition coefficient (Wildman–Crippen LogP) is 3.07. The lowest BCUT2D eigenvalue weighted by atomic mass is 10.1. The molecule has 1 aromatic carbocycles. The van der Waals surface area contributed by atoms with Crippen LogP contribution in [0.15, 0.2) is 30.3 Å². The van der Waals surface area contributed by atoms with Crippen molar-refractivity contribution in [2.75, 3.05) is 24.3 Å². The van der Waals surface area contributed by atoms with E-state index in [9.17, 15) is 0 Å². The standard InChI is InChI=1S/C16H19N3O/c1-11-14(17)6-8-16(18-11)19(2)13-5-7-15-12(10-13)4-3-9-20-15/h5-8,10H,3-4,9,17H2,1-2H3. The van der Waals surface area contributed by atoms with Gasteiger partial charge >= 0.3 is 0 Å². The van der Waals surface area contributed by atoms with Crippen molar-refractivity contribution in [3.8, 4) is 5.75 Å². The fourth-order valence-corrected chi connectivity index (χ4v) is 2.43. The lowest BCUT2D eigenvalue weighted by Crippen LogP contribution is -2.14. The minimum absolute atomic E-state index is 0.723. The molecule has 1 aromatic heterocycles. The third-order valence-corrected chi connectivity index (χ3v) is 3.74. The molecule has 0 saturated carbocycles. The van der Waals surface area contributed by atoms with Crippen LogP contribution in [0.2, 0.25) is 0 Å². The minimum atomic E-state index is 0.723. The fraction of sp³-hybridized carbons (Fsp3) is 0.312. The number of anilines is 3. The number of nitrogens with zero attached hydrogens (tertiary/aromatic N) is 2. The number of aryl methyl sites for hydroxylation is 2. The first-order chi connectivity index (χ1) is 9.65. The van der Waals surface area contributed by atoms with Gasteiger partial charge in [0.1, 0.15) is 11.6 Å². The summed E-state index contributed by atoms with van der Waals surface area (Å²) in [5.41, 5.74) is 9.79. The molecule has 3 rings (SSSR count). The number of rotatable bonds is 2. The van der Waals surface area contributed by atoms with Crippen LogP contribution >= 0.6 is 0 Å². The molecule has 0 amide bonds. The summed E-state index contributed by atoms with van der Waals surface area (Å²) in [5.74, 6) is 1.91. The van der Waals surface area contributed by atoms with Gasteiger partial charge in [0.05, 0.1) is 18.0 Å². The molecule has 2 N–H and O–H groups in total. The van der Waals surface area contributed by atoms with E-state index >= 15 is 0 Å². The maximum Gasteiger partial charge on any atom is 0.133 e. The van der Waals surface area contributed by atoms with Crippen LogP contribution in [-0.2, 0) is 6.42 Å². The van der Waals surface area contributed by atoms with E-state index in [-0.39, 0.29) is 0 Å². The molecule has 0 spiro atoms. The van der Waals surface area contributed by atoms with Crippen LogP contribution in [0.25, 0.3) is 0 Å². The van der Waals surface area contributed by atoms with Crippen LogP contribution in [0, 0.1) is 6.92 Å². The van der Waals surface area contributed by atoms with E-state index in [0.717, 1.165) is 48.1 Å². The molecule has 1 aliphatic heterocycles. The summed E-state index contributed by atoms with van der Waals surface area (Å²) in [6.07, 6.45) is 2.16. The molecule has 1 aliphatic rings. The van der Waals surface area contributed by atoms with Crippen molar-refractivity contribution < 1.29 is 4.74 Å². The zero-order valence-corrected chi connectivity index (χ0v) is 11.9. The van der Waals surface area contributed by atoms with E-state index in [1.165, 1.54) is 5.56 Å². The van der Waals surface area contributed by atoms with Gasteiger partial charge in [0.2, 0.25) is 0 Å². The first-order valence-corrected chi connectivity index (χ1v) is 6.88. The van der Waals surface area contributed by atoms with Crippen LogP contribution in [0.4, 0.5) is 17.2 Å². The number of hydrogen-bond donors (Lipinski definition) is 1. The zero-order chi connectivity index (χ0) is 14.1. The number of fused-ring (bicyclic) bond motifs is 1. The summed E-state index contributed by atoms with van der Waals surface area (Å²) in [6, 6.07) is 10.1. The van der Waals surface area contributed by atoms with Gasteiger partial charge in [-0.2, -0.15) is 0 Å². The number of nitrogens with two attached hydrogens (primary N) is 1. The maximum absolute atomic E-state index is 5.82. The molecule has 104 valence electrons. The van der Waals surface area contributed by atoms with Crippen molar-refractivity contribution in [2.24, 2.45) is 0 Å². The summed E-state index contributed by atoms with van der Waals surface area (Å²) in [4.78, 5) is 6.60. The molecule has 0 aliphatic carbocycles. The molecule has 20 heavy (non-hydrogen) atoms. The molecule has 4 nitrogen and oxygen atoms in total. The molecule has 0 radical (unpaired) electrons. The highest BCUT2D eigenvalue weighted by Gasteiger charge is 2.13. The number of hydrogen-bond acceptors (Lipinski definition) is 4. The smallest absolute Gasteiger partial charge is 0.133 e. The number of benzene rings is 1. The Morgan fingerprint density at radius 3 is 2.90 bits per heavy atom. The van der Waals surface area contributed by atoms with E-state index in [0.29, 0.717) is 0 Å². The number of ether oxygens (including phenoxy) is 1. The fourth-order valence-electron chi connectivity index (χ4n) is 2.43. The number of aromatic nitrogens is 1. The highest BCUT2D eigenvalue weighted by molar-refractivity contribution is 5.63. The molecular weight excluding hydrogens is 250 g/mol. The topological polar surface area (TPSA) is 51.4 Å². The normalized spacial score (nSPS) is 13.5.